The highest BCUT2D eigenvalue weighted by Gasteiger charge is 2.13. The Hall–Kier alpha value is -2.86. The zero-order valence-electron chi connectivity index (χ0n) is 16.3. The number of benzene rings is 2. The topological polar surface area (TPSA) is 60.5 Å². The average Bonchev–Trinajstić information content (AvgIpc) is 3.07. The number of anilines is 1. The maximum atomic E-state index is 12.3. The van der Waals surface area contributed by atoms with Gasteiger partial charge in [-0.25, -0.2) is 4.98 Å². The fraction of sp³-hybridized carbons (Fsp3) is 0.273. The zero-order valence-corrected chi connectivity index (χ0v) is 17.1. The molecule has 1 N–H and O–H groups in total. The summed E-state index contributed by atoms with van der Waals surface area (Å²) in [5, 5.41) is 3.40. The summed E-state index contributed by atoms with van der Waals surface area (Å²) in [4.78, 5) is 17.9. The summed E-state index contributed by atoms with van der Waals surface area (Å²) in [6.45, 7) is 6.60. The fourth-order valence-electron chi connectivity index (χ4n) is 2.83. The third kappa shape index (κ3) is 4.89. The number of hydrogen-bond acceptors (Lipinski definition) is 5. The quantitative estimate of drug-likeness (QED) is 0.576. The molecule has 0 aliphatic carbocycles. The largest absolute Gasteiger partial charge is 0.494 e. The molecule has 0 saturated carbocycles. The number of nitrogens with zero attached hydrogens (tertiary/aromatic N) is 1. The van der Waals surface area contributed by atoms with E-state index in [0.717, 1.165) is 39.6 Å². The molecule has 0 bridgehead atoms. The number of hydrogen-bond donors (Lipinski definition) is 1. The summed E-state index contributed by atoms with van der Waals surface area (Å²) in [5.41, 5.74) is 2.93. The van der Waals surface area contributed by atoms with Crippen LogP contribution in [0.2, 0.25) is 0 Å². The Morgan fingerprint density at radius 2 is 1.82 bits per heavy atom. The van der Waals surface area contributed by atoms with Crippen molar-refractivity contribution in [1.82, 2.24) is 4.98 Å². The Labute approximate surface area is 169 Å². The minimum Gasteiger partial charge on any atom is -0.494 e. The van der Waals surface area contributed by atoms with Gasteiger partial charge in [-0.1, -0.05) is 25.1 Å². The summed E-state index contributed by atoms with van der Waals surface area (Å²) in [7, 11) is 0. The minimum atomic E-state index is -0.224. The van der Waals surface area contributed by atoms with Crippen LogP contribution in [0.3, 0.4) is 0 Å². The number of para-hydroxylation sites is 1. The molecule has 0 atom stereocenters. The van der Waals surface area contributed by atoms with Crippen LogP contribution < -0.4 is 14.8 Å². The van der Waals surface area contributed by atoms with Crippen molar-refractivity contribution in [2.24, 2.45) is 0 Å². The molecule has 1 amide bonds. The van der Waals surface area contributed by atoms with Crippen molar-refractivity contribution in [3.63, 3.8) is 0 Å². The predicted molar refractivity (Wildman–Crippen MR) is 113 cm³/mol. The number of nitrogens with one attached hydrogen (secondary N) is 1. The van der Waals surface area contributed by atoms with Crippen molar-refractivity contribution in [1.29, 1.82) is 0 Å². The molecule has 146 valence electrons. The van der Waals surface area contributed by atoms with Crippen molar-refractivity contribution in [2.45, 2.75) is 27.2 Å². The van der Waals surface area contributed by atoms with Crippen LogP contribution in [-0.2, 0) is 11.2 Å². The lowest BCUT2D eigenvalue weighted by molar-refractivity contribution is -0.118. The molecule has 3 aromatic rings. The first-order chi connectivity index (χ1) is 13.6. The molecule has 6 heteroatoms. The molecule has 28 heavy (non-hydrogen) atoms. The molecule has 2 aromatic carbocycles. The van der Waals surface area contributed by atoms with Crippen LogP contribution in [0.15, 0.2) is 48.5 Å². The van der Waals surface area contributed by atoms with Crippen molar-refractivity contribution >= 4 is 22.4 Å². The predicted octanol–water partition coefficient (Wildman–Crippen LogP) is 5.10. The first kappa shape index (κ1) is 19.9. The maximum Gasteiger partial charge on any atom is 0.264 e. The van der Waals surface area contributed by atoms with Gasteiger partial charge in [0.1, 0.15) is 11.5 Å². The minimum absolute atomic E-state index is 0.0476. The van der Waals surface area contributed by atoms with E-state index in [1.165, 1.54) is 11.3 Å². The summed E-state index contributed by atoms with van der Waals surface area (Å²) >= 11 is 1.45. The summed E-state index contributed by atoms with van der Waals surface area (Å²) in [6.07, 6.45) is 0.856. The van der Waals surface area contributed by atoms with Crippen LogP contribution in [0.5, 0.6) is 11.5 Å². The fourth-order valence-corrected chi connectivity index (χ4v) is 3.68. The number of amides is 1. The number of carbonyl (C=O) groups is 1. The number of aryl methyl sites for hydroxylation is 2. The normalized spacial score (nSPS) is 10.5. The maximum absolute atomic E-state index is 12.3. The van der Waals surface area contributed by atoms with Gasteiger partial charge < -0.3 is 9.47 Å². The second kappa shape index (κ2) is 9.37. The lowest BCUT2D eigenvalue weighted by Crippen LogP contribution is -2.20. The van der Waals surface area contributed by atoms with Crippen molar-refractivity contribution in [2.75, 3.05) is 18.5 Å². The van der Waals surface area contributed by atoms with Crippen LogP contribution in [0.1, 0.15) is 24.3 Å². The zero-order chi connectivity index (χ0) is 19.9. The monoisotopic (exact) mass is 396 g/mol. The number of thiazole rings is 1. The molecular weight excluding hydrogens is 372 g/mol. The molecule has 0 spiro atoms. The van der Waals surface area contributed by atoms with E-state index in [1.54, 1.807) is 0 Å². The highest BCUT2D eigenvalue weighted by molar-refractivity contribution is 7.16. The van der Waals surface area contributed by atoms with Gasteiger partial charge in [0.2, 0.25) is 0 Å². The average molecular weight is 397 g/mol. The first-order valence-corrected chi connectivity index (χ1v) is 10.1. The molecule has 0 unspecified atom stereocenters. The van der Waals surface area contributed by atoms with Crippen LogP contribution in [0.4, 0.5) is 5.13 Å². The standard InChI is InChI=1S/C22H24N2O3S/c1-4-16-8-6-7-9-19(16)27-14-20(25)23-22-24-21(15(3)28-22)17-10-12-18(13-11-17)26-5-2/h6-13H,4-5,14H2,1-3H3,(H,23,24,25). The van der Waals surface area contributed by atoms with E-state index in [-0.39, 0.29) is 12.5 Å². The van der Waals surface area contributed by atoms with Crippen molar-refractivity contribution in [3.05, 3.63) is 59.0 Å². The summed E-state index contributed by atoms with van der Waals surface area (Å²) < 4.78 is 11.1. The van der Waals surface area contributed by atoms with Crippen LogP contribution in [0, 0.1) is 6.92 Å². The highest BCUT2D eigenvalue weighted by Crippen LogP contribution is 2.31. The van der Waals surface area contributed by atoms with E-state index >= 15 is 0 Å². The smallest absolute Gasteiger partial charge is 0.264 e. The highest BCUT2D eigenvalue weighted by atomic mass is 32.1. The number of ether oxygens (including phenoxy) is 2. The molecule has 0 aliphatic rings. The van der Waals surface area contributed by atoms with E-state index in [9.17, 15) is 4.79 Å². The lowest BCUT2D eigenvalue weighted by Gasteiger charge is -2.09. The molecular formula is C22H24N2O3S. The van der Waals surface area contributed by atoms with E-state index in [1.807, 2.05) is 62.4 Å². The molecule has 0 saturated heterocycles. The van der Waals surface area contributed by atoms with Gasteiger partial charge >= 0.3 is 0 Å². The van der Waals surface area contributed by atoms with Gasteiger partial charge in [0.15, 0.2) is 11.7 Å². The van der Waals surface area contributed by atoms with Crippen LogP contribution >= 0.6 is 11.3 Å². The van der Waals surface area contributed by atoms with Crippen LogP contribution in [-0.4, -0.2) is 24.1 Å². The van der Waals surface area contributed by atoms with Crippen molar-refractivity contribution < 1.29 is 14.3 Å². The SMILES string of the molecule is CCOc1ccc(-c2nc(NC(=O)COc3ccccc3CC)sc2C)cc1. The number of aromatic nitrogens is 1. The second-order valence-corrected chi connectivity index (χ2v) is 7.38. The second-order valence-electron chi connectivity index (χ2n) is 6.18. The molecule has 0 aliphatic heterocycles. The summed E-state index contributed by atoms with van der Waals surface area (Å²) in [6, 6.07) is 15.5. The van der Waals surface area contributed by atoms with Gasteiger partial charge in [-0.3, -0.25) is 10.1 Å². The van der Waals surface area contributed by atoms with E-state index in [0.29, 0.717) is 11.7 Å². The first-order valence-electron chi connectivity index (χ1n) is 9.32. The molecule has 1 aromatic heterocycles. The summed E-state index contributed by atoms with van der Waals surface area (Å²) in [5.74, 6) is 1.35. The van der Waals surface area contributed by atoms with Gasteiger partial charge in [-0.05, 0) is 56.2 Å². The van der Waals surface area contributed by atoms with Crippen molar-refractivity contribution in [3.8, 4) is 22.8 Å². The van der Waals surface area contributed by atoms with E-state index in [4.69, 9.17) is 9.47 Å². The Kier molecular flexibility index (Phi) is 6.66. The van der Waals surface area contributed by atoms with E-state index < -0.39 is 0 Å². The van der Waals surface area contributed by atoms with E-state index in [2.05, 4.69) is 17.2 Å². The third-order valence-corrected chi connectivity index (χ3v) is 5.08. The lowest BCUT2D eigenvalue weighted by atomic mass is 10.1. The molecule has 5 nitrogen and oxygen atoms in total. The molecule has 3 rings (SSSR count). The molecule has 0 radical (unpaired) electrons. The van der Waals surface area contributed by atoms with Crippen LogP contribution in [0.25, 0.3) is 11.3 Å². The number of carbonyl (C=O) groups excluding carboxylic acids is 1. The molecule has 0 fully saturated rings. The Morgan fingerprint density at radius 1 is 1.07 bits per heavy atom. The molecule has 1 heterocycles. The number of rotatable bonds is 8. The Balaban J connectivity index is 1.63. The third-order valence-electron chi connectivity index (χ3n) is 4.19. The van der Waals surface area contributed by atoms with Gasteiger partial charge in [0.05, 0.1) is 12.3 Å². The van der Waals surface area contributed by atoms with Gasteiger partial charge in [0.25, 0.3) is 5.91 Å². The Bertz CT molecular complexity index is 935. The van der Waals surface area contributed by atoms with Gasteiger partial charge in [-0.2, -0.15) is 0 Å². The Morgan fingerprint density at radius 3 is 2.54 bits per heavy atom. The van der Waals surface area contributed by atoms with Gasteiger partial charge in [0, 0.05) is 10.4 Å². The van der Waals surface area contributed by atoms with Gasteiger partial charge in [-0.15, -0.1) is 11.3 Å².